The van der Waals surface area contributed by atoms with Crippen LogP contribution in [-0.4, -0.2) is 29.5 Å². The van der Waals surface area contributed by atoms with Crippen LogP contribution in [0.5, 0.6) is 0 Å². The van der Waals surface area contributed by atoms with Gasteiger partial charge in [-0.15, -0.1) is 0 Å². The Labute approximate surface area is 100 Å². The van der Waals surface area contributed by atoms with Crippen molar-refractivity contribution in [2.24, 2.45) is 0 Å². The molecular formula is C9H10BrClFNO2. The Hall–Kier alpha value is -0.360. The van der Waals surface area contributed by atoms with Crippen LogP contribution in [0, 0.1) is 5.82 Å². The predicted molar refractivity (Wildman–Crippen MR) is 60.7 cm³/mol. The fraction of sp³-hybridized carbons (Fsp3) is 0.333. The molecule has 15 heavy (non-hydrogen) atoms. The van der Waals surface area contributed by atoms with Crippen molar-refractivity contribution in [1.29, 1.82) is 0 Å². The monoisotopic (exact) mass is 297 g/mol. The van der Waals surface area contributed by atoms with Crippen LogP contribution in [0.4, 0.5) is 10.1 Å². The number of hydrogen-bond donors (Lipinski definition) is 3. The highest BCUT2D eigenvalue weighted by Gasteiger charge is 2.09. The van der Waals surface area contributed by atoms with Gasteiger partial charge in [0.2, 0.25) is 0 Å². The first-order valence-corrected chi connectivity index (χ1v) is 5.39. The van der Waals surface area contributed by atoms with E-state index in [-0.39, 0.29) is 18.2 Å². The maximum Gasteiger partial charge on any atom is 0.125 e. The van der Waals surface area contributed by atoms with Crippen LogP contribution in [-0.2, 0) is 0 Å². The van der Waals surface area contributed by atoms with Crippen LogP contribution in [0.15, 0.2) is 16.6 Å². The van der Waals surface area contributed by atoms with E-state index in [0.29, 0.717) is 10.2 Å². The second kappa shape index (κ2) is 5.65. The molecule has 0 unspecified atom stereocenters. The van der Waals surface area contributed by atoms with Gasteiger partial charge in [0.15, 0.2) is 0 Å². The molecule has 0 aliphatic heterocycles. The van der Waals surface area contributed by atoms with Gasteiger partial charge in [0.05, 0.1) is 23.4 Å². The Morgan fingerprint density at radius 3 is 2.73 bits per heavy atom. The molecule has 1 rings (SSSR count). The summed E-state index contributed by atoms with van der Waals surface area (Å²) in [6.45, 7) is -0.204. The fourth-order valence-corrected chi connectivity index (χ4v) is 1.95. The largest absolute Gasteiger partial charge is 0.394 e. The number of aliphatic hydroxyl groups is 2. The van der Waals surface area contributed by atoms with E-state index in [0.717, 1.165) is 0 Å². The van der Waals surface area contributed by atoms with Crippen molar-refractivity contribution in [2.45, 2.75) is 6.10 Å². The first-order valence-electron chi connectivity index (χ1n) is 4.22. The third kappa shape index (κ3) is 3.61. The van der Waals surface area contributed by atoms with Gasteiger partial charge in [-0.05, 0) is 28.1 Å². The van der Waals surface area contributed by atoms with E-state index in [1.165, 1.54) is 12.1 Å². The van der Waals surface area contributed by atoms with Crippen molar-refractivity contribution in [3.63, 3.8) is 0 Å². The minimum Gasteiger partial charge on any atom is -0.394 e. The van der Waals surface area contributed by atoms with Gasteiger partial charge in [-0.2, -0.15) is 0 Å². The predicted octanol–water partition coefficient (Wildman–Crippen LogP) is 2.01. The van der Waals surface area contributed by atoms with Crippen LogP contribution in [0.1, 0.15) is 0 Å². The Morgan fingerprint density at radius 2 is 2.20 bits per heavy atom. The number of hydrogen-bond acceptors (Lipinski definition) is 3. The third-order valence-electron chi connectivity index (χ3n) is 1.73. The van der Waals surface area contributed by atoms with E-state index in [9.17, 15) is 4.39 Å². The lowest BCUT2D eigenvalue weighted by Gasteiger charge is -2.13. The maximum atomic E-state index is 12.8. The lowest BCUT2D eigenvalue weighted by atomic mass is 10.3. The Balaban J connectivity index is 2.77. The highest BCUT2D eigenvalue weighted by Crippen LogP contribution is 2.31. The molecule has 0 heterocycles. The average molecular weight is 299 g/mol. The molecule has 3 N–H and O–H groups in total. The third-order valence-corrected chi connectivity index (χ3v) is 2.66. The van der Waals surface area contributed by atoms with E-state index in [1.54, 1.807) is 0 Å². The molecule has 0 aliphatic carbocycles. The average Bonchev–Trinajstić information content (AvgIpc) is 2.15. The summed E-state index contributed by atoms with van der Waals surface area (Å²) in [7, 11) is 0. The quantitative estimate of drug-likeness (QED) is 0.797. The van der Waals surface area contributed by atoms with Gasteiger partial charge in [-0.3, -0.25) is 0 Å². The summed E-state index contributed by atoms with van der Waals surface area (Å²) in [4.78, 5) is 0. The molecule has 0 spiro atoms. The molecule has 1 atom stereocenters. The molecular weight excluding hydrogens is 288 g/mol. The molecule has 0 bridgehead atoms. The zero-order valence-electron chi connectivity index (χ0n) is 7.67. The minimum atomic E-state index is -0.877. The van der Waals surface area contributed by atoms with Crippen LogP contribution in [0.25, 0.3) is 0 Å². The molecule has 0 fully saturated rings. The smallest absolute Gasteiger partial charge is 0.125 e. The molecule has 0 amide bonds. The minimum absolute atomic E-state index is 0.139. The Morgan fingerprint density at radius 1 is 1.53 bits per heavy atom. The molecule has 1 aromatic carbocycles. The highest BCUT2D eigenvalue weighted by molar-refractivity contribution is 9.10. The summed E-state index contributed by atoms with van der Waals surface area (Å²) < 4.78 is 13.3. The van der Waals surface area contributed by atoms with Crippen molar-refractivity contribution < 1.29 is 14.6 Å². The summed E-state index contributed by atoms with van der Waals surface area (Å²) in [5.41, 5.74) is 0.491. The molecule has 0 radical (unpaired) electrons. The van der Waals surface area contributed by atoms with Gasteiger partial charge < -0.3 is 15.5 Å². The topological polar surface area (TPSA) is 52.5 Å². The van der Waals surface area contributed by atoms with E-state index >= 15 is 0 Å². The highest BCUT2D eigenvalue weighted by atomic mass is 79.9. The first kappa shape index (κ1) is 12.7. The van der Waals surface area contributed by atoms with Crippen molar-refractivity contribution >= 4 is 33.2 Å². The van der Waals surface area contributed by atoms with Crippen LogP contribution in [0.3, 0.4) is 0 Å². The summed E-state index contributed by atoms with van der Waals surface area (Å²) >= 11 is 8.92. The summed E-state index contributed by atoms with van der Waals surface area (Å²) in [6, 6.07) is 2.43. The van der Waals surface area contributed by atoms with Crippen molar-refractivity contribution in [3.05, 3.63) is 27.4 Å². The van der Waals surface area contributed by atoms with Gasteiger partial charge in [0, 0.05) is 11.0 Å². The van der Waals surface area contributed by atoms with Crippen molar-refractivity contribution in [2.75, 3.05) is 18.5 Å². The molecule has 1 aromatic rings. The van der Waals surface area contributed by atoms with Crippen molar-refractivity contribution in [1.82, 2.24) is 0 Å². The summed E-state index contributed by atoms with van der Waals surface area (Å²) in [5, 5.41) is 20.7. The van der Waals surface area contributed by atoms with E-state index in [1.807, 2.05) is 0 Å². The molecule has 0 aliphatic rings. The number of anilines is 1. The lowest BCUT2D eigenvalue weighted by molar-refractivity contribution is 0.105. The van der Waals surface area contributed by atoms with E-state index in [2.05, 4.69) is 21.2 Å². The molecule has 0 saturated heterocycles. The van der Waals surface area contributed by atoms with Crippen molar-refractivity contribution in [3.8, 4) is 0 Å². The number of halogens is 3. The number of rotatable bonds is 4. The van der Waals surface area contributed by atoms with Crippen LogP contribution >= 0.6 is 27.5 Å². The number of aliphatic hydroxyl groups excluding tert-OH is 2. The zero-order chi connectivity index (χ0) is 11.4. The van der Waals surface area contributed by atoms with Gasteiger partial charge in [-0.1, -0.05) is 11.6 Å². The first-order chi connectivity index (χ1) is 7.04. The van der Waals surface area contributed by atoms with Crippen LogP contribution in [0.2, 0.25) is 5.02 Å². The van der Waals surface area contributed by atoms with Crippen LogP contribution < -0.4 is 5.32 Å². The lowest BCUT2D eigenvalue weighted by Crippen LogP contribution is -2.23. The Kier molecular flexibility index (Phi) is 4.79. The van der Waals surface area contributed by atoms with E-state index in [4.69, 9.17) is 21.8 Å². The molecule has 0 saturated carbocycles. The SMILES string of the molecule is OC[C@@H](O)CNc1c(Cl)cc(F)cc1Br. The zero-order valence-corrected chi connectivity index (χ0v) is 10.0. The normalized spacial score (nSPS) is 12.6. The molecule has 3 nitrogen and oxygen atoms in total. The van der Waals surface area contributed by atoms with Gasteiger partial charge in [-0.25, -0.2) is 4.39 Å². The second-order valence-electron chi connectivity index (χ2n) is 2.96. The molecule has 6 heteroatoms. The number of nitrogens with one attached hydrogen (secondary N) is 1. The standard InChI is InChI=1S/C9H10BrClFNO2/c10-7-1-5(12)2-8(11)9(7)13-3-6(15)4-14/h1-2,6,13-15H,3-4H2/t6-/m0/s1. The van der Waals surface area contributed by atoms with E-state index < -0.39 is 11.9 Å². The van der Waals surface area contributed by atoms with Gasteiger partial charge in [0.25, 0.3) is 0 Å². The summed E-state index contributed by atoms with van der Waals surface area (Å²) in [6.07, 6.45) is -0.877. The number of benzene rings is 1. The fourth-order valence-electron chi connectivity index (χ4n) is 0.996. The second-order valence-corrected chi connectivity index (χ2v) is 4.22. The van der Waals surface area contributed by atoms with Gasteiger partial charge >= 0.3 is 0 Å². The Bertz CT molecular complexity index is 328. The maximum absolute atomic E-state index is 12.8. The van der Waals surface area contributed by atoms with Gasteiger partial charge in [0.1, 0.15) is 5.82 Å². The summed E-state index contributed by atoms with van der Waals surface area (Å²) in [5.74, 6) is -0.444. The molecule has 84 valence electrons. The molecule has 0 aromatic heterocycles.